The monoisotopic (exact) mass is 232 g/mol. The van der Waals surface area contributed by atoms with Gasteiger partial charge in [0, 0.05) is 0 Å². The summed E-state index contributed by atoms with van der Waals surface area (Å²) in [4.78, 5) is 0. The lowest BCUT2D eigenvalue weighted by Crippen LogP contribution is -2.26. The fourth-order valence-corrected chi connectivity index (χ4v) is 3.03. The van der Waals surface area contributed by atoms with Crippen molar-refractivity contribution in [2.75, 3.05) is 0 Å². The Labute approximate surface area is 105 Å². The van der Waals surface area contributed by atoms with Gasteiger partial charge in [-0.1, -0.05) is 39.3 Å². The number of hydrogen-bond donors (Lipinski definition) is 1. The van der Waals surface area contributed by atoms with E-state index in [0.29, 0.717) is 17.1 Å². The molecule has 0 spiro atoms. The van der Waals surface area contributed by atoms with E-state index in [9.17, 15) is 5.11 Å². The van der Waals surface area contributed by atoms with Gasteiger partial charge in [0.2, 0.25) is 0 Å². The fraction of sp³-hybridized carbons (Fsp3) is 0.625. The summed E-state index contributed by atoms with van der Waals surface area (Å²) in [5, 5.41) is 9.34. The summed E-state index contributed by atoms with van der Waals surface area (Å²) in [6.07, 6.45) is 5.32. The fourth-order valence-electron chi connectivity index (χ4n) is 3.03. The van der Waals surface area contributed by atoms with Crippen LogP contribution in [0.1, 0.15) is 57.9 Å². The summed E-state index contributed by atoms with van der Waals surface area (Å²) >= 11 is 0. The zero-order valence-corrected chi connectivity index (χ0v) is 11.2. The molecule has 0 saturated heterocycles. The molecule has 2 unspecified atom stereocenters. The van der Waals surface area contributed by atoms with E-state index in [1.54, 1.807) is 0 Å². The Balaban J connectivity index is 2.09. The summed E-state index contributed by atoms with van der Waals surface area (Å²) in [5.41, 5.74) is 1.83. The number of phenols is 1. The van der Waals surface area contributed by atoms with Crippen LogP contribution in [-0.4, -0.2) is 5.11 Å². The van der Waals surface area contributed by atoms with Crippen molar-refractivity contribution in [1.29, 1.82) is 0 Å². The van der Waals surface area contributed by atoms with Crippen LogP contribution < -0.4 is 0 Å². The van der Waals surface area contributed by atoms with E-state index < -0.39 is 0 Å². The van der Waals surface area contributed by atoms with E-state index >= 15 is 0 Å². The first-order valence-corrected chi connectivity index (χ1v) is 6.76. The van der Waals surface area contributed by atoms with Gasteiger partial charge in [-0.15, -0.1) is 0 Å². The van der Waals surface area contributed by atoms with E-state index in [0.717, 1.165) is 5.92 Å². The molecule has 0 amide bonds. The van der Waals surface area contributed by atoms with E-state index in [-0.39, 0.29) is 0 Å². The predicted octanol–water partition coefficient (Wildman–Crippen LogP) is 4.71. The molecule has 2 atom stereocenters. The number of benzene rings is 1. The Bertz CT molecular complexity index is 358. The van der Waals surface area contributed by atoms with Crippen molar-refractivity contribution in [1.82, 2.24) is 0 Å². The number of phenolic OH excluding ortho intramolecular Hbond substituents is 1. The number of aromatic hydroxyl groups is 1. The maximum atomic E-state index is 9.34. The van der Waals surface area contributed by atoms with Gasteiger partial charge in [-0.05, 0) is 54.2 Å². The molecule has 1 nitrogen and oxygen atoms in total. The van der Waals surface area contributed by atoms with Gasteiger partial charge in [-0.25, -0.2) is 0 Å². The third-order valence-corrected chi connectivity index (χ3v) is 4.26. The van der Waals surface area contributed by atoms with Crippen LogP contribution in [0.25, 0.3) is 0 Å². The van der Waals surface area contributed by atoms with E-state index in [4.69, 9.17) is 0 Å². The van der Waals surface area contributed by atoms with Crippen LogP contribution in [0.4, 0.5) is 0 Å². The van der Waals surface area contributed by atoms with E-state index in [1.807, 2.05) is 12.1 Å². The standard InChI is InChI=1S/C16H24O/c1-16(2,3)14-6-4-5-13(11-14)12-7-9-15(17)10-8-12/h7-10,13-14,17H,4-6,11H2,1-3H3. The third kappa shape index (κ3) is 3.02. The summed E-state index contributed by atoms with van der Waals surface area (Å²) in [7, 11) is 0. The number of rotatable bonds is 1. The molecule has 0 radical (unpaired) electrons. The highest BCUT2D eigenvalue weighted by Gasteiger charge is 2.30. The molecule has 1 saturated carbocycles. The van der Waals surface area contributed by atoms with Crippen molar-refractivity contribution in [3.05, 3.63) is 29.8 Å². The first kappa shape index (κ1) is 12.5. The molecule has 1 fully saturated rings. The van der Waals surface area contributed by atoms with Crippen molar-refractivity contribution in [3.63, 3.8) is 0 Å². The average Bonchev–Trinajstić information content (AvgIpc) is 2.29. The van der Waals surface area contributed by atoms with Crippen LogP contribution in [0.3, 0.4) is 0 Å². The lowest BCUT2D eigenvalue weighted by molar-refractivity contribution is 0.165. The molecule has 1 aromatic rings. The predicted molar refractivity (Wildman–Crippen MR) is 72.3 cm³/mol. The van der Waals surface area contributed by atoms with Crippen LogP contribution >= 0.6 is 0 Å². The van der Waals surface area contributed by atoms with Crippen LogP contribution in [0.5, 0.6) is 5.75 Å². The van der Waals surface area contributed by atoms with Crippen LogP contribution in [0, 0.1) is 11.3 Å². The molecule has 2 rings (SSSR count). The van der Waals surface area contributed by atoms with Gasteiger partial charge in [0.05, 0.1) is 0 Å². The number of hydrogen-bond acceptors (Lipinski definition) is 1. The quantitative estimate of drug-likeness (QED) is 0.743. The maximum Gasteiger partial charge on any atom is 0.115 e. The summed E-state index contributed by atoms with van der Waals surface area (Å²) in [5.74, 6) is 1.89. The van der Waals surface area contributed by atoms with E-state index in [2.05, 4.69) is 32.9 Å². The maximum absolute atomic E-state index is 9.34. The van der Waals surface area contributed by atoms with Gasteiger partial charge in [-0.3, -0.25) is 0 Å². The smallest absolute Gasteiger partial charge is 0.115 e. The van der Waals surface area contributed by atoms with Gasteiger partial charge in [0.25, 0.3) is 0 Å². The Morgan fingerprint density at radius 2 is 1.71 bits per heavy atom. The highest BCUT2D eigenvalue weighted by atomic mass is 16.3. The largest absolute Gasteiger partial charge is 0.508 e. The summed E-state index contributed by atoms with van der Waals surface area (Å²) < 4.78 is 0. The third-order valence-electron chi connectivity index (χ3n) is 4.26. The van der Waals surface area contributed by atoms with Crippen LogP contribution in [-0.2, 0) is 0 Å². The second kappa shape index (κ2) is 4.72. The van der Waals surface area contributed by atoms with Gasteiger partial charge in [0.15, 0.2) is 0 Å². The summed E-state index contributed by atoms with van der Waals surface area (Å²) in [6, 6.07) is 7.81. The minimum atomic E-state index is 0.372. The highest BCUT2D eigenvalue weighted by Crippen LogP contribution is 2.44. The SMILES string of the molecule is CC(C)(C)C1CCCC(c2ccc(O)cc2)C1. The molecule has 1 aromatic carbocycles. The Morgan fingerprint density at radius 1 is 1.06 bits per heavy atom. The molecule has 1 heteroatoms. The molecular formula is C16H24O. The topological polar surface area (TPSA) is 20.2 Å². The molecule has 1 N–H and O–H groups in total. The minimum absolute atomic E-state index is 0.372. The zero-order valence-electron chi connectivity index (χ0n) is 11.2. The lowest BCUT2D eigenvalue weighted by atomic mass is 9.68. The molecule has 0 heterocycles. The zero-order chi connectivity index (χ0) is 12.5. The first-order valence-electron chi connectivity index (χ1n) is 6.76. The molecule has 0 aromatic heterocycles. The molecule has 1 aliphatic rings. The van der Waals surface area contributed by atoms with Crippen molar-refractivity contribution in [3.8, 4) is 5.75 Å². The second-order valence-corrected chi connectivity index (χ2v) is 6.52. The lowest BCUT2D eigenvalue weighted by Gasteiger charge is -2.38. The average molecular weight is 232 g/mol. The summed E-state index contributed by atoms with van der Waals surface area (Å²) in [6.45, 7) is 7.07. The highest BCUT2D eigenvalue weighted by molar-refractivity contribution is 5.28. The van der Waals surface area contributed by atoms with Crippen molar-refractivity contribution < 1.29 is 5.11 Å². The van der Waals surface area contributed by atoms with Gasteiger partial charge in [-0.2, -0.15) is 0 Å². The van der Waals surface area contributed by atoms with Crippen molar-refractivity contribution in [2.45, 2.75) is 52.4 Å². The molecule has 17 heavy (non-hydrogen) atoms. The van der Waals surface area contributed by atoms with Crippen molar-refractivity contribution >= 4 is 0 Å². The van der Waals surface area contributed by atoms with E-state index in [1.165, 1.54) is 31.2 Å². The molecule has 94 valence electrons. The second-order valence-electron chi connectivity index (χ2n) is 6.52. The van der Waals surface area contributed by atoms with Gasteiger partial charge in [0.1, 0.15) is 5.75 Å². The Kier molecular flexibility index (Phi) is 3.46. The normalized spacial score (nSPS) is 25.8. The van der Waals surface area contributed by atoms with Crippen molar-refractivity contribution in [2.24, 2.45) is 11.3 Å². The van der Waals surface area contributed by atoms with Crippen LogP contribution in [0.2, 0.25) is 0 Å². The molecule has 1 aliphatic carbocycles. The molecule has 0 aliphatic heterocycles. The van der Waals surface area contributed by atoms with Gasteiger partial charge >= 0.3 is 0 Å². The van der Waals surface area contributed by atoms with Gasteiger partial charge < -0.3 is 5.11 Å². The Morgan fingerprint density at radius 3 is 2.29 bits per heavy atom. The molecule has 0 bridgehead atoms. The minimum Gasteiger partial charge on any atom is -0.508 e. The molecular weight excluding hydrogens is 208 g/mol. The first-order chi connectivity index (χ1) is 7.97. The van der Waals surface area contributed by atoms with Crippen LogP contribution in [0.15, 0.2) is 24.3 Å². The Hall–Kier alpha value is -0.980.